The zero-order valence-corrected chi connectivity index (χ0v) is 15.0. The number of carboxylic acid groups (broad SMARTS) is 1. The van der Waals surface area contributed by atoms with Crippen LogP contribution in [0.25, 0.3) is 11.1 Å². The summed E-state index contributed by atoms with van der Waals surface area (Å²) in [5.41, 5.74) is 0.997. The number of likely N-dealkylation sites (tertiary alicyclic amines) is 1. The Morgan fingerprint density at radius 1 is 1.31 bits per heavy atom. The van der Waals surface area contributed by atoms with E-state index in [-0.39, 0.29) is 17.6 Å². The van der Waals surface area contributed by atoms with E-state index in [1.807, 2.05) is 7.05 Å². The molecule has 7 heteroatoms. The van der Waals surface area contributed by atoms with Crippen molar-refractivity contribution in [3.63, 3.8) is 0 Å². The van der Waals surface area contributed by atoms with Crippen molar-refractivity contribution < 1.29 is 18.7 Å². The van der Waals surface area contributed by atoms with E-state index in [9.17, 15) is 18.7 Å². The monoisotopic (exact) mass is 380 g/mol. The SMILES string of the molecule is CN1CCCC1CN(C(=O)O)c1ccc(F)cc1-c1ccc(Cl)c(F)c1. The quantitative estimate of drug-likeness (QED) is 0.823. The topological polar surface area (TPSA) is 43.8 Å². The molecule has 2 aromatic carbocycles. The van der Waals surface area contributed by atoms with Crippen molar-refractivity contribution in [2.75, 3.05) is 25.0 Å². The molecule has 1 saturated heterocycles. The Morgan fingerprint density at radius 3 is 2.69 bits per heavy atom. The van der Waals surface area contributed by atoms with E-state index in [1.54, 1.807) is 6.07 Å². The molecule has 1 N–H and O–H groups in total. The third kappa shape index (κ3) is 3.81. The molecule has 26 heavy (non-hydrogen) atoms. The molecule has 0 radical (unpaired) electrons. The number of anilines is 1. The standard InChI is InChI=1S/C19H19ClF2N2O2/c1-23-8-2-3-14(23)11-24(19(25)26)18-7-5-13(21)10-15(18)12-4-6-16(20)17(22)9-12/h4-7,9-10,14H,2-3,8,11H2,1H3,(H,25,26). The van der Waals surface area contributed by atoms with Crippen LogP contribution in [0.5, 0.6) is 0 Å². The van der Waals surface area contributed by atoms with Gasteiger partial charge in [0.05, 0.1) is 10.7 Å². The van der Waals surface area contributed by atoms with Crippen molar-refractivity contribution in [2.45, 2.75) is 18.9 Å². The van der Waals surface area contributed by atoms with Crippen LogP contribution in [0.15, 0.2) is 36.4 Å². The second-order valence-electron chi connectivity index (χ2n) is 6.46. The van der Waals surface area contributed by atoms with Crippen molar-refractivity contribution in [1.82, 2.24) is 4.90 Å². The van der Waals surface area contributed by atoms with Gasteiger partial charge in [0, 0.05) is 18.2 Å². The van der Waals surface area contributed by atoms with Crippen LogP contribution in [0.2, 0.25) is 5.02 Å². The number of rotatable bonds is 4. The summed E-state index contributed by atoms with van der Waals surface area (Å²) in [6, 6.07) is 8.03. The second kappa shape index (κ2) is 7.60. The lowest BCUT2D eigenvalue weighted by Crippen LogP contribution is -2.41. The van der Waals surface area contributed by atoms with Gasteiger partial charge in [-0.15, -0.1) is 0 Å². The predicted molar refractivity (Wildman–Crippen MR) is 97.8 cm³/mol. The van der Waals surface area contributed by atoms with Crippen LogP contribution in [-0.2, 0) is 0 Å². The van der Waals surface area contributed by atoms with E-state index in [1.165, 1.54) is 35.2 Å². The van der Waals surface area contributed by atoms with E-state index in [4.69, 9.17) is 11.6 Å². The van der Waals surface area contributed by atoms with E-state index < -0.39 is 17.7 Å². The normalized spacial score (nSPS) is 17.5. The Balaban J connectivity index is 2.04. The maximum Gasteiger partial charge on any atom is 0.411 e. The van der Waals surface area contributed by atoms with Crippen LogP contribution in [0.4, 0.5) is 19.3 Å². The summed E-state index contributed by atoms with van der Waals surface area (Å²) in [4.78, 5) is 15.2. The minimum atomic E-state index is -1.13. The van der Waals surface area contributed by atoms with E-state index in [2.05, 4.69) is 4.90 Å². The first kappa shape index (κ1) is 18.6. The number of hydrogen-bond acceptors (Lipinski definition) is 2. The van der Waals surface area contributed by atoms with Gasteiger partial charge in [0.15, 0.2) is 0 Å². The molecule has 1 amide bonds. The van der Waals surface area contributed by atoms with Crippen LogP contribution in [-0.4, -0.2) is 42.3 Å². The molecule has 0 aromatic heterocycles. The molecule has 1 atom stereocenters. The van der Waals surface area contributed by atoms with Gasteiger partial charge in [-0.05, 0) is 62.3 Å². The van der Waals surface area contributed by atoms with Crippen LogP contribution in [0.1, 0.15) is 12.8 Å². The van der Waals surface area contributed by atoms with Crippen molar-refractivity contribution in [2.24, 2.45) is 0 Å². The number of benzene rings is 2. The maximum absolute atomic E-state index is 13.9. The Morgan fingerprint density at radius 2 is 2.08 bits per heavy atom. The number of carbonyl (C=O) groups is 1. The maximum atomic E-state index is 13.9. The van der Waals surface area contributed by atoms with Gasteiger partial charge in [0.25, 0.3) is 0 Å². The average molecular weight is 381 g/mol. The Kier molecular flexibility index (Phi) is 5.44. The molecular formula is C19H19ClF2N2O2. The molecule has 0 bridgehead atoms. The summed E-state index contributed by atoms with van der Waals surface area (Å²) in [5.74, 6) is -1.17. The van der Waals surface area contributed by atoms with Gasteiger partial charge in [-0.1, -0.05) is 17.7 Å². The molecule has 3 rings (SSSR count). The third-order valence-corrected chi connectivity index (χ3v) is 5.08. The zero-order chi connectivity index (χ0) is 18.8. The molecule has 1 aliphatic rings. The van der Waals surface area contributed by atoms with Crippen LogP contribution < -0.4 is 4.90 Å². The van der Waals surface area contributed by atoms with Gasteiger partial charge in [0.2, 0.25) is 0 Å². The summed E-state index contributed by atoms with van der Waals surface area (Å²) in [5, 5.41) is 9.68. The number of likely N-dealkylation sites (N-methyl/N-ethyl adjacent to an activating group) is 1. The van der Waals surface area contributed by atoms with Crippen molar-refractivity contribution in [3.05, 3.63) is 53.1 Å². The lowest BCUT2D eigenvalue weighted by Gasteiger charge is -2.28. The molecule has 1 unspecified atom stereocenters. The molecule has 0 spiro atoms. The van der Waals surface area contributed by atoms with Crippen LogP contribution >= 0.6 is 11.6 Å². The van der Waals surface area contributed by atoms with Gasteiger partial charge < -0.3 is 10.0 Å². The Hall–Kier alpha value is -2.18. The summed E-state index contributed by atoms with van der Waals surface area (Å²) >= 11 is 5.72. The van der Waals surface area contributed by atoms with Crippen molar-refractivity contribution >= 4 is 23.4 Å². The summed E-state index contributed by atoms with van der Waals surface area (Å²) in [7, 11) is 1.96. The summed E-state index contributed by atoms with van der Waals surface area (Å²) in [6.07, 6.45) is 0.771. The van der Waals surface area contributed by atoms with E-state index >= 15 is 0 Å². The molecule has 1 heterocycles. The number of halogens is 3. The molecular weight excluding hydrogens is 362 g/mol. The zero-order valence-electron chi connectivity index (χ0n) is 14.3. The van der Waals surface area contributed by atoms with Gasteiger partial charge in [-0.25, -0.2) is 13.6 Å². The first-order valence-electron chi connectivity index (χ1n) is 8.32. The van der Waals surface area contributed by atoms with Gasteiger partial charge in [-0.3, -0.25) is 4.90 Å². The largest absolute Gasteiger partial charge is 0.465 e. The molecule has 1 fully saturated rings. The third-order valence-electron chi connectivity index (χ3n) is 4.78. The minimum Gasteiger partial charge on any atom is -0.465 e. The molecule has 138 valence electrons. The fourth-order valence-electron chi connectivity index (χ4n) is 3.34. The number of amides is 1. The van der Waals surface area contributed by atoms with Crippen LogP contribution in [0.3, 0.4) is 0 Å². The Labute approximate surface area is 155 Å². The fraction of sp³-hybridized carbons (Fsp3) is 0.316. The lowest BCUT2D eigenvalue weighted by atomic mass is 10.0. The summed E-state index contributed by atoms with van der Waals surface area (Å²) in [6.45, 7) is 1.18. The van der Waals surface area contributed by atoms with Gasteiger partial charge in [-0.2, -0.15) is 0 Å². The first-order chi connectivity index (χ1) is 12.4. The molecule has 4 nitrogen and oxygen atoms in total. The average Bonchev–Trinajstić information content (AvgIpc) is 3.00. The molecule has 0 saturated carbocycles. The van der Waals surface area contributed by atoms with Gasteiger partial charge in [0.1, 0.15) is 11.6 Å². The van der Waals surface area contributed by atoms with Gasteiger partial charge >= 0.3 is 6.09 Å². The predicted octanol–water partition coefficient (Wildman–Crippen LogP) is 4.86. The summed E-state index contributed by atoms with van der Waals surface area (Å²) < 4.78 is 27.7. The number of nitrogens with zero attached hydrogens (tertiary/aromatic N) is 2. The van der Waals surface area contributed by atoms with Crippen molar-refractivity contribution in [3.8, 4) is 11.1 Å². The second-order valence-corrected chi connectivity index (χ2v) is 6.87. The lowest BCUT2D eigenvalue weighted by molar-refractivity contribution is 0.198. The highest BCUT2D eigenvalue weighted by atomic mass is 35.5. The van der Waals surface area contributed by atoms with E-state index in [0.717, 1.165) is 19.4 Å². The fourth-order valence-corrected chi connectivity index (χ4v) is 3.46. The number of hydrogen-bond donors (Lipinski definition) is 1. The molecule has 0 aliphatic carbocycles. The minimum absolute atomic E-state index is 0.0469. The van der Waals surface area contributed by atoms with Crippen LogP contribution in [0, 0.1) is 11.6 Å². The smallest absolute Gasteiger partial charge is 0.411 e. The highest BCUT2D eigenvalue weighted by molar-refractivity contribution is 6.30. The first-order valence-corrected chi connectivity index (χ1v) is 8.70. The molecule has 1 aliphatic heterocycles. The highest BCUT2D eigenvalue weighted by Crippen LogP contribution is 2.34. The van der Waals surface area contributed by atoms with Crippen molar-refractivity contribution in [1.29, 1.82) is 0 Å². The molecule has 2 aromatic rings. The Bertz CT molecular complexity index is 831. The van der Waals surface area contributed by atoms with E-state index in [0.29, 0.717) is 16.8 Å². The highest BCUT2D eigenvalue weighted by Gasteiger charge is 2.28.